The first kappa shape index (κ1) is 18.4. The van der Waals surface area contributed by atoms with Crippen molar-refractivity contribution in [2.45, 2.75) is 39.2 Å². The Morgan fingerprint density at radius 3 is 2.59 bits per heavy atom. The molecule has 0 atom stereocenters. The standard InChI is InChI=1S/C25H30N4/c1-19(20-8-11-26-12-9-20)17-29-24-7-6-21(28-13-4-3-5-14-28)16-22(24)23-18-27(2)15-10-25(23)29/h6-9,11-12,16-17H,3-5,10,13-15,18H2,1-2H3. The molecule has 3 aromatic rings. The van der Waals surface area contributed by atoms with Gasteiger partial charge >= 0.3 is 0 Å². The molecular formula is C25H30N4. The van der Waals surface area contributed by atoms with E-state index in [1.54, 1.807) is 0 Å². The fraction of sp³-hybridized carbons (Fsp3) is 0.400. The normalized spacial score (nSPS) is 18.3. The molecule has 4 heterocycles. The lowest BCUT2D eigenvalue weighted by Gasteiger charge is -2.29. The van der Waals surface area contributed by atoms with E-state index in [4.69, 9.17) is 0 Å². The van der Waals surface area contributed by atoms with E-state index < -0.39 is 0 Å². The van der Waals surface area contributed by atoms with Gasteiger partial charge in [-0.3, -0.25) is 4.98 Å². The van der Waals surface area contributed by atoms with Gasteiger partial charge in [-0.15, -0.1) is 0 Å². The summed E-state index contributed by atoms with van der Waals surface area (Å²) in [6, 6.07) is 11.3. The third-order valence-corrected chi connectivity index (χ3v) is 6.54. The zero-order valence-electron chi connectivity index (χ0n) is 17.6. The maximum Gasteiger partial charge on any atom is 0.0530 e. The van der Waals surface area contributed by atoms with Crippen molar-refractivity contribution in [1.29, 1.82) is 0 Å². The average molecular weight is 387 g/mol. The van der Waals surface area contributed by atoms with Crippen LogP contribution in [0.15, 0.2) is 42.7 Å². The molecule has 0 N–H and O–H groups in total. The molecule has 1 fully saturated rings. The van der Waals surface area contributed by atoms with Gasteiger partial charge < -0.3 is 14.4 Å². The Hall–Kier alpha value is -2.59. The summed E-state index contributed by atoms with van der Waals surface area (Å²) < 4.78 is 2.45. The maximum atomic E-state index is 4.16. The minimum absolute atomic E-state index is 1.03. The molecule has 150 valence electrons. The topological polar surface area (TPSA) is 24.3 Å². The molecule has 5 rings (SSSR count). The van der Waals surface area contributed by atoms with Gasteiger partial charge in [0.15, 0.2) is 0 Å². The summed E-state index contributed by atoms with van der Waals surface area (Å²) in [5, 5.41) is 1.42. The molecule has 4 heteroatoms. The highest BCUT2D eigenvalue weighted by molar-refractivity contribution is 5.92. The van der Waals surface area contributed by atoms with Crippen LogP contribution in [-0.4, -0.2) is 41.1 Å². The molecule has 29 heavy (non-hydrogen) atoms. The molecule has 0 aliphatic carbocycles. The predicted octanol–water partition coefficient (Wildman–Crippen LogP) is 5.03. The van der Waals surface area contributed by atoms with E-state index >= 15 is 0 Å². The molecule has 4 nitrogen and oxygen atoms in total. The van der Waals surface area contributed by atoms with Crippen molar-refractivity contribution in [2.24, 2.45) is 0 Å². The third kappa shape index (κ3) is 3.46. The summed E-state index contributed by atoms with van der Waals surface area (Å²) in [7, 11) is 2.23. The molecule has 0 radical (unpaired) electrons. The zero-order valence-corrected chi connectivity index (χ0v) is 17.6. The second-order valence-electron chi connectivity index (χ2n) is 8.58. The van der Waals surface area contributed by atoms with Crippen molar-refractivity contribution in [3.05, 3.63) is 59.5 Å². The van der Waals surface area contributed by atoms with E-state index in [1.165, 1.54) is 71.3 Å². The lowest BCUT2D eigenvalue weighted by Crippen LogP contribution is -2.29. The largest absolute Gasteiger partial charge is 0.372 e. The SMILES string of the molecule is CC(=Cn1c2c(c3cc(N4CCCCC4)ccc31)CN(C)CC2)c1ccncc1. The third-order valence-electron chi connectivity index (χ3n) is 6.54. The van der Waals surface area contributed by atoms with Crippen LogP contribution in [0.1, 0.15) is 43.0 Å². The Balaban J connectivity index is 1.64. The van der Waals surface area contributed by atoms with Gasteiger partial charge in [-0.1, -0.05) is 0 Å². The van der Waals surface area contributed by atoms with Crippen molar-refractivity contribution >= 4 is 28.4 Å². The van der Waals surface area contributed by atoms with Crippen molar-refractivity contribution in [3.63, 3.8) is 0 Å². The van der Waals surface area contributed by atoms with E-state index in [0.717, 1.165) is 19.5 Å². The van der Waals surface area contributed by atoms with Gasteiger partial charge in [0.05, 0.1) is 5.52 Å². The highest BCUT2D eigenvalue weighted by Crippen LogP contribution is 2.35. The van der Waals surface area contributed by atoms with E-state index in [2.05, 4.69) is 69.9 Å². The number of hydrogen-bond acceptors (Lipinski definition) is 3. The molecular weight excluding hydrogens is 356 g/mol. The average Bonchev–Trinajstić information content (AvgIpc) is 3.07. The van der Waals surface area contributed by atoms with Crippen LogP contribution in [0.4, 0.5) is 5.69 Å². The number of allylic oxidation sites excluding steroid dienone is 1. The molecule has 1 aromatic carbocycles. The number of anilines is 1. The molecule has 0 saturated carbocycles. The quantitative estimate of drug-likeness (QED) is 0.631. The summed E-state index contributed by atoms with van der Waals surface area (Å²) in [6.45, 7) is 6.73. The second-order valence-corrected chi connectivity index (χ2v) is 8.58. The van der Waals surface area contributed by atoms with Gasteiger partial charge in [-0.05, 0) is 80.3 Å². The molecule has 0 spiro atoms. The fourth-order valence-corrected chi connectivity index (χ4v) is 4.89. The molecule has 2 aromatic heterocycles. The molecule has 1 saturated heterocycles. The number of likely N-dealkylation sites (N-methyl/N-ethyl adjacent to an activating group) is 1. The van der Waals surface area contributed by atoms with Gasteiger partial charge in [0.25, 0.3) is 0 Å². The van der Waals surface area contributed by atoms with Gasteiger partial charge in [0, 0.05) is 68.0 Å². The van der Waals surface area contributed by atoms with E-state index in [-0.39, 0.29) is 0 Å². The fourth-order valence-electron chi connectivity index (χ4n) is 4.89. The summed E-state index contributed by atoms with van der Waals surface area (Å²) >= 11 is 0. The lowest BCUT2D eigenvalue weighted by atomic mass is 10.0. The van der Waals surface area contributed by atoms with E-state index in [9.17, 15) is 0 Å². The zero-order chi connectivity index (χ0) is 19.8. The van der Waals surface area contributed by atoms with Crippen LogP contribution >= 0.6 is 0 Å². The van der Waals surface area contributed by atoms with Crippen molar-refractivity contribution < 1.29 is 0 Å². The first-order chi connectivity index (χ1) is 14.2. The number of hydrogen-bond donors (Lipinski definition) is 0. The number of nitrogens with zero attached hydrogens (tertiary/aromatic N) is 4. The number of fused-ring (bicyclic) bond motifs is 3. The summed E-state index contributed by atoms with van der Waals surface area (Å²) in [6.07, 6.45) is 11.2. The Labute approximate surface area is 173 Å². The molecule has 2 aliphatic rings. The minimum Gasteiger partial charge on any atom is -0.372 e. The molecule has 0 amide bonds. The number of pyridine rings is 1. The van der Waals surface area contributed by atoms with E-state index in [1.807, 2.05) is 12.4 Å². The number of aromatic nitrogens is 2. The molecule has 0 bridgehead atoms. The Morgan fingerprint density at radius 1 is 1.00 bits per heavy atom. The van der Waals surface area contributed by atoms with Gasteiger partial charge in [0.1, 0.15) is 0 Å². The summed E-state index contributed by atoms with van der Waals surface area (Å²) in [5.41, 5.74) is 8.20. The van der Waals surface area contributed by atoms with Gasteiger partial charge in [-0.25, -0.2) is 0 Å². The highest BCUT2D eigenvalue weighted by atomic mass is 15.1. The van der Waals surface area contributed by atoms with E-state index in [0.29, 0.717) is 0 Å². The summed E-state index contributed by atoms with van der Waals surface area (Å²) in [4.78, 5) is 9.17. The van der Waals surface area contributed by atoms with Crippen LogP contribution in [0.5, 0.6) is 0 Å². The van der Waals surface area contributed by atoms with Crippen LogP contribution in [0, 0.1) is 0 Å². The van der Waals surface area contributed by atoms with Crippen molar-refractivity contribution in [3.8, 4) is 0 Å². The number of rotatable bonds is 3. The van der Waals surface area contributed by atoms with Crippen LogP contribution in [-0.2, 0) is 13.0 Å². The predicted molar refractivity (Wildman–Crippen MR) is 122 cm³/mol. The smallest absolute Gasteiger partial charge is 0.0530 e. The Bertz CT molecular complexity index is 1040. The van der Waals surface area contributed by atoms with Crippen molar-refractivity contribution in [1.82, 2.24) is 14.5 Å². The van der Waals surface area contributed by atoms with Gasteiger partial charge in [0.2, 0.25) is 0 Å². The van der Waals surface area contributed by atoms with Crippen molar-refractivity contribution in [2.75, 3.05) is 31.6 Å². The first-order valence-electron chi connectivity index (χ1n) is 10.9. The number of piperidine rings is 1. The van der Waals surface area contributed by atoms with Crippen LogP contribution < -0.4 is 4.90 Å². The lowest BCUT2D eigenvalue weighted by molar-refractivity contribution is 0.312. The molecule has 2 aliphatic heterocycles. The van der Waals surface area contributed by atoms with Gasteiger partial charge in [-0.2, -0.15) is 0 Å². The van der Waals surface area contributed by atoms with Crippen LogP contribution in [0.3, 0.4) is 0 Å². The van der Waals surface area contributed by atoms with Crippen LogP contribution in [0.2, 0.25) is 0 Å². The number of benzene rings is 1. The highest BCUT2D eigenvalue weighted by Gasteiger charge is 2.23. The van der Waals surface area contributed by atoms with Crippen LogP contribution in [0.25, 0.3) is 22.7 Å². The molecule has 0 unspecified atom stereocenters. The monoisotopic (exact) mass is 386 g/mol. The summed E-state index contributed by atoms with van der Waals surface area (Å²) in [5.74, 6) is 0. The first-order valence-corrected chi connectivity index (χ1v) is 10.9. The second kappa shape index (κ2) is 7.68. The Kier molecular flexibility index (Phi) is 4.88. The Morgan fingerprint density at radius 2 is 1.79 bits per heavy atom. The maximum absolute atomic E-state index is 4.16. The minimum atomic E-state index is 1.03.